The zero-order chi connectivity index (χ0) is 10.4. The summed E-state index contributed by atoms with van der Waals surface area (Å²) in [5.41, 5.74) is 3.81. The van der Waals surface area contributed by atoms with E-state index in [1.807, 2.05) is 12.1 Å². The fourth-order valence-corrected chi connectivity index (χ4v) is 1.56. The molecule has 0 amide bonds. The van der Waals surface area contributed by atoms with Gasteiger partial charge in [-0.05, 0) is 38.1 Å². The first kappa shape index (κ1) is 11.0. The highest BCUT2D eigenvalue weighted by molar-refractivity contribution is 7.79. The van der Waals surface area contributed by atoms with Crippen LogP contribution in [0.15, 0.2) is 24.3 Å². The molecular formula is C11H16N2S. The highest BCUT2D eigenvalue weighted by Crippen LogP contribution is 2.16. The lowest BCUT2D eigenvalue weighted by Gasteiger charge is -2.21. The van der Waals surface area contributed by atoms with Crippen LogP contribution in [-0.4, -0.2) is 18.6 Å². The second-order valence-electron chi connectivity index (χ2n) is 2.98. The standard InChI is InChI=1S/C11H16N2S/c1-3-13(4-2)11-7-5-10(6-8-11)12-9-14/h5-9H,3-4H2,1-2H3,(H,12,14). The van der Waals surface area contributed by atoms with Gasteiger partial charge in [-0.2, -0.15) is 0 Å². The Balaban J connectivity index is 2.76. The van der Waals surface area contributed by atoms with E-state index >= 15 is 0 Å². The van der Waals surface area contributed by atoms with E-state index in [1.54, 1.807) is 0 Å². The van der Waals surface area contributed by atoms with Crippen molar-refractivity contribution in [3.05, 3.63) is 24.3 Å². The van der Waals surface area contributed by atoms with Crippen LogP contribution in [0.2, 0.25) is 0 Å². The molecule has 2 nitrogen and oxygen atoms in total. The smallest absolute Gasteiger partial charge is 0.0658 e. The van der Waals surface area contributed by atoms with Gasteiger partial charge in [0.25, 0.3) is 0 Å². The molecule has 0 atom stereocenters. The minimum atomic E-state index is 1.04. The number of rotatable bonds is 5. The molecule has 1 rings (SSSR count). The molecule has 0 aliphatic carbocycles. The van der Waals surface area contributed by atoms with E-state index in [4.69, 9.17) is 12.2 Å². The Morgan fingerprint density at radius 3 is 2.21 bits per heavy atom. The first-order valence-corrected chi connectivity index (χ1v) is 5.34. The molecule has 0 aliphatic rings. The number of nitrogens with zero attached hydrogens (tertiary/aromatic N) is 1. The zero-order valence-corrected chi connectivity index (χ0v) is 9.47. The van der Waals surface area contributed by atoms with Gasteiger partial charge in [0, 0.05) is 24.5 Å². The van der Waals surface area contributed by atoms with E-state index in [1.165, 1.54) is 11.2 Å². The van der Waals surface area contributed by atoms with Crippen molar-refractivity contribution < 1.29 is 0 Å². The maximum absolute atomic E-state index is 4.72. The van der Waals surface area contributed by atoms with E-state index in [-0.39, 0.29) is 0 Å². The number of hydrogen-bond donors (Lipinski definition) is 1. The topological polar surface area (TPSA) is 15.3 Å². The number of nitrogens with one attached hydrogen (secondary N) is 1. The first-order valence-electron chi connectivity index (χ1n) is 4.87. The summed E-state index contributed by atoms with van der Waals surface area (Å²) in [5, 5.41) is 2.98. The molecule has 0 spiro atoms. The van der Waals surface area contributed by atoms with Crippen molar-refractivity contribution in [3.8, 4) is 0 Å². The molecule has 0 aliphatic heterocycles. The summed E-state index contributed by atoms with van der Waals surface area (Å²) in [7, 11) is 0. The molecule has 0 bridgehead atoms. The van der Waals surface area contributed by atoms with Crippen molar-refractivity contribution in [1.29, 1.82) is 0 Å². The Morgan fingerprint density at radius 2 is 1.79 bits per heavy atom. The molecule has 1 aromatic rings. The molecule has 0 heterocycles. The Hall–Kier alpha value is -1.09. The van der Waals surface area contributed by atoms with Crippen molar-refractivity contribution in [2.24, 2.45) is 0 Å². The highest BCUT2D eigenvalue weighted by atomic mass is 32.1. The summed E-state index contributed by atoms with van der Waals surface area (Å²) >= 11 is 4.72. The zero-order valence-electron chi connectivity index (χ0n) is 8.66. The van der Waals surface area contributed by atoms with Crippen LogP contribution in [0.4, 0.5) is 11.4 Å². The van der Waals surface area contributed by atoms with Crippen LogP contribution in [0.25, 0.3) is 0 Å². The highest BCUT2D eigenvalue weighted by Gasteiger charge is 1.99. The lowest BCUT2D eigenvalue weighted by atomic mass is 10.2. The molecule has 0 fully saturated rings. The van der Waals surface area contributed by atoms with Gasteiger partial charge in [-0.1, -0.05) is 12.2 Å². The van der Waals surface area contributed by atoms with Gasteiger partial charge in [-0.3, -0.25) is 0 Å². The van der Waals surface area contributed by atoms with Crippen molar-refractivity contribution >= 4 is 29.1 Å². The summed E-state index contributed by atoms with van der Waals surface area (Å²) in [5.74, 6) is 0. The van der Waals surface area contributed by atoms with Crippen LogP contribution in [0.3, 0.4) is 0 Å². The van der Waals surface area contributed by atoms with E-state index in [9.17, 15) is 0 Å². The van der Waals surface area contributed by atoms with Gasteiger partial charge >= 0.3 is 0 Å². The molecule has 0 unspecified atom stereocenters. The van der Waals surface area contributed by atoms with Gasteiger partial charge in [0.1, 0.15) is 0 Å². The molecule has 0 saturated heterocycles. The fraction of sp³-hybridized carbons (Fsp3) is 0.364. The van der Waals surface area contributed by atoms with Crippen LogP contribution >= 0.6 is 12.2 Å². The maximum Gasteiger partial charge on any atom is 0.0658 e. The van der Waals surface area contributed by atoms with Crippen molar-refractivity contribution in [2.45, 2.75) is 13.8 Å². The average molecular weight is 208 g/mol. The Kier molecular flexibility index (Phi) is 4.40. The summed E-state index contributed by atoms with van der Waals surface area (Å²) in [6.45, 7) is 6.40. The maximum atomic E-state index is 4.72. The van der Waals surface area contributed by atoms with E-state index in [0.29, 0.717) is 0 Å². The monoisotopic (exact) mass is 208 g/mol. The third-order valence-corrected chi connectivity index (χ3v) is 2.34. The molecule has 0 radical (unpaired) electrons. The van der Waals surface area contributed by atoms with Gasteiger partial charge in [0.2, 0.25) is 0 Å². The summed E-state index contributed by atoms with van der Waals surface area (Å²) in [6.07, 6.45) is 0. The molecular weight excluding hydrogens is 192 g/mol. The predicted octanol–water partition coefficient (Wildman–Crippen LogP) is 2.90. The van der Waals surface area contributed by atoms with Crippen molar-refractivity contribution in [3.63, 3.8) is 0 Å². The van der Waals surface area contributed by atoms with Crippen molar-refractivity contribution in [1.82, 2.24) is 0 Å². The molecule has 0 saturated carbocycles. The lowest BCUT2D eigenvalue weighted by molar-refractivity contribution is 0.866. The molecule has 3 heteroatoms. The molecule has 0 aromatic heterocycles. The first-order chi connectivity index (χ1) is 6.81. The van der Waals surface area contributed by atoms with E-state index in [2.05, 4.69) is 36.2 Å². The van der Waals surface area contributed by atoms with Gasteiger partial charge in [-0.25, -0.2) is 0 Å². The lowest BCUT2D eigenvalue weighted by Crippen LogP contribution is -2.21. The van der Waals surface area contributed by atoms with Gasteiger partial charge < -0.3 is 10.2 Å². The molecule has 1 aromatic carbocycles. The summed E-state index contributed by atoms with van der Waals surface area (Å²) < 4.78 is 0. The van der Waals surface area contributed by atoms with Crippen LogP contribution in [0.5, 0.6) is 0 Å². The summed E-state index contributed by atoms with van der Waals surface area (Å²) in [4.78, 5) is 2.31. The van der Waals surface area contributed by atoms with Crippen molar-refractivity contribution in [2.75, 3.05) is 23.3 Å². The molecule has 14 heavy (non-hydrogen) atoms. The second kappa shape index (κ2) is 5.60. The van der Waals surface area contributed by atoms with Gasteiger partial charge in [-0.15, -0.1) is 0 Å². The predicted molar refractivity (Wildman–Crippen MR) is 67.3 cm³/mol. The van der Waals surface area contributed by atoms with Crippen LogP contribution in [0, 0.1) is 0 Å². The van der Waals surface area contributed by atoms with Gasteiger partial charge in [0.15, 0.2) is 0 Å². The molecule has 76 valence electrons. The SMILES string of the molecule is CCN(CC)c1ccc(NC=S)cc1. The second-order valence-corrected chi connectivity index (χ2v) is 3.22. The normalized spacial score (nSPS) is 9.57. The number of benzene rings is 1. The molecule has 1 N–H and O–H groups in total. The Bertz CT molecular complexity index is 278. The third-order valence-electron chi connectivity index (χ3n) is 2.22. The quantitative estimate of drug-likeness (QED) is 0.749. The minimum absolute atomic E-state index is 1.04. The average Bonchev–Trinajstić information content (AvgIpc) is 2.23. The summed E-state index contributed by atoms with van der Waals surface area (Å²) in [6, 6.07) is 8.29. The number of hydrogen-bond acceptors (Lipinski definition) is 2. The minimum Gasteiger partial charge on any atom is -0.372 e. The van der Waals surface area contributed by atoms with E-state index < -0.39 is 0 Å². The fourth-order valence-electron chi connectivity index (χ4n) is 1.43. The number of thiocarbonyl (C=S) groups is 1. The Morgan fingerprint density at radius 1 is 1.21 bits per heavy atom. The van der Waals surface area contributed by atoms with Crippen LogP contribution in [-0.2, 0) is 0 Å². The number of anilines is 2. The van der Waals surface area contributed by atoms with Crippen LogP contribution < -0.4 is 10.2 Å². The largest absolute Gasteiger partial charge is 0.372 e. The van der Waals surface area contributed by atoms with Gasteiger partial charge in [0.05, 0.1) is 5.49 Å². The Labute approximate surface area is 90.9 Å². The van der Waals surface area contributed by atoms with Crippen LogP contribution in [0.1, 0.15) is 13.8 Å². The van der Waals surface area contributed by atoms with E-state index in [0.717, 1.165) is 18.8 Å². The third kappa shape index (κ3) is 2.70.